The minimum absolute atomic E-state index is 0.0315. The maximum Gasteiger partial charge on any atom is 0.303 e. The topological polar surface area (TPSA) is 46.6 Å². The number of para-hydroxylation sites is 1. The quantitative estimate of drug-likeness (QED) is 0.795. The number of rotatable bonds is 3. The van der Waals surface area contributed by atoms with Gasteiger partial charge in [0, 0.05) is 31.5 Å². The van der Waals surface area contributed by atoms with E-state index in [2.05, 4.69) is 17.0 Å². The Kier molecular flexibility index (Phi) is 4.27. The number of ether oxygens (including phenoxy) is 1. The van der Waals surface area contributed by atoms with Crippen LogP contribution in [0.1, 0.15) is 31.2 Å². The van der Waals surface area contributed by atoms with E-state index < -0.39 is 5.60 Å². The molecule has 0 amide bonds. The van der Waals surface area contributed by atoms with Crippen molar-refractivity contribution in [3.05, 3.63) is 66.2 Å². The van der Waals surface area contributed by atoms with Gasteiger partial charge in [0.2, 0.25) is 0 Å². The number of carbonyl (C=O) groups is 2. The van der Waals surface area contributed by atoms with Gasteiger partial charge >= 0.3 is 5.97 Å². The molecule has 2 fully saturated rings. The third kappa shape index (κ3) is 2.79. The Labute approximate surface area is 153 Å². The highest BCUT2D eigenvalue weighted by molar-refractivity contribution is 5.86. The first-order valence-electron chi connectivity index (χ1n) is 9.17. The van der Waals surface area contributed by atoms with Crippen LogP contribution in [0.4, 0.5) is 5.69 Å². The molecule has 2 aromatic carbocycles. The molecule has 0 radical (unpaired) electrons. The van der Waals surface area contributed by atoms with Crippen molar-refractivity contribution in [2.75, 3.05) is 18.0 Å². The Morgan fingerprint density at radius 3 is 2.35 bits per heavy atom. The van der Waals surface area contributed by atoms with E-state index in [1.807, 2.05) is 48.5 Å². The van der Waals surface area contributed by atoms with Gasteiger partial charge in [-0.1, -0.05) is 48.5 Å². The van der Waals surface area contributed by atoms with Crippen LogP contribution in [0.5, 0.6) is 0 Å². The number of ketones is 1. The molecule has 1 saturated carbocycles. The first-order valence-corrected chi connectivity index (χ1v) is 9.17. The molecule has 2 aliphatic rings. The van der Waals surface area contributed by atoms with Crippen molar-refractivity contribution in [1.29, 1.82) is 0 Å². The second-order valence-corrected chi connectivity index (χ2v) is 7.29. The predicted molar refractivity (Wildman–Crippen MR) is 100 cm³/mol. The number of anilines is 1. The van der Waals surface area contributed by atoms with E-state index in [4.69, 9.17) is 4.74 Å². The minimum atomic E-state index is -0.793. The number of esters is 1. The van der Waals surface area contributed by atoms with E-state index in [1.54, 1.807) is 0 Å². The highest BCUT2D eigenvalue weighted by Gasteiger charge is 2.59. The van der Waals surface area contributed by atoms with Gasteiger partial charge in [0.15, 0.2) is 0 Å². The minimum Gasteiger partial charge on any atom is -0.456 e. The molecular weight excluding hydrogens is 326 g/mol. The van der Waals surface area contributed by atoms with Crippen molar-refractivity contribution in [2.24, 2.45) is 5.92 Å². The summed E-state index contributed by atoms with van der Waals surface area (Å²) in [5.74, 6) is -0.369. The molecule has 3 unspecified atom stereocenters. The molecule has 4 heteroatoms. The molecule has 1 saturated heterocycles. The van der Waals surface area contributed by atoms with Crippen LogP contribution in [0.3, 0.4) is 0 Å². The van der Waals surface area contributed by atoms with Crippen molar-refractivity contribution in [3.63, 3.8) is 0 Å². The van der Waals surface area contributed by atoms with Gasteiger partial charge in [0.05, 0.1) is 12.5 Å². The molecule has 0 N–H and O–H groups in total. The number of hydrogen-bond acceptors (Lipinski definition) is 4. The summed E-state index contributed by atoms with van der Waals surface area (Å²) < 4.78 is 5.99. The Morgan fingerprint density at radius 2 is 1.69 bits per heavy atom. The van der Waals surface area contributed by atoms with Crippen LogP contribution in [-0.2, 0) is 14.3 Å². The summed E-state index contributed by atoms with van der Waals surface area (Å²) in [6.45, 7) is 2.59. The van der Waals surface area contributed by atoms with E-state index in [0.717, 1.165) is 17.7 Å². The first-order chi connectivity index (χ1) is 12.6. The van der Waals surface area contributed by atoms with Gasteiger partial charge < -0.3 is 9.64 Å². The molecule has 4 rings (SSSR count). The van der Waals surface area contributed by atoms with E-state index in [1.165, 1.54) is 6.92 Å². The zero-order valence-corrected chi connectivity index (χ0v) is 14.9. The Hall–Kier alpha value is -2.62. The van der Waals surface area contributed by atoms with E-state index in [0.29, 0.717) is 19.5 Å². The fourth-order valence-electron chi connectivity index (χ4n) is 4.69. The molecule has 0 bridgehead atoms. The lowest BCUT2D eigenvalue weighted by atomic mass is 9.66. The van der Waals surface area contributed by atoms with Crippen molar-refractivity contribution in [2.45, 2.75) is 31.3 Å². The van der Waals surface area contributed by atoms with Crippen LogP contribution >= 0.6 is 0 Å². The zero-order chi connectivity index (χ0) is 18.1. The van der Waals surface area contributed by atoms with Gasteiger partial charge in [0.1, 0.15) is 11.4 Å². The molecule has 1 aliphatic heterocycles. The van der Waals surface area contributed by atoms with Gasteiger partial charge in [0.25, 0.3) is 0 Å². The first kappa shape index (κ1) is 16.8. The smallest absolute Gasteiger partial charge is 0.303 e. The molecule has 1 heterocycles. The highest BCUT2D eigenvalue weighted by Crippen LogP contribution is 2.50. The molecule has 0 spiro atoms. The van der Waals surface area contributed by atoms with Gasteiger partial charge in [-0.25, -0.2) is 0 Å². The number of Topliss-reactive ketones (excluding diaryl/α,β-unsaturated/α-hetero) is 1. The standard InChI is InChI=1S/C22H23NO3/c1-16(24)26-22-15-23(18-10-6-3-7-11-18)14-20(22)21(25)13-12-19(22)17-8-4-2-5-9-17/h2-11,19-20H,12-15H2,1H3. The number of hydrogen-bond donors (Lipinski definition) is 0. The predicted octanol–water partition coefficient (Wildman–Crippen LogP) is 3.57. The number of nitrogens with zero attached hydrogens (tertiary/aromatic N) is 1. The van der Waals surface area contributed by atoms with E-state index in [9.17, 15) is 9.59 Å². The monoisotopic (exact) mass is 349 g/mol. The van der Waals surface area contributed by atoms with Crippen LogP contribution in [0, 0.1) is 5.92 Å². The normalized spacial score (nSPS) is 27.9. The van der Waals surface area contributed by atoms with Gasteiger partial charge in [-0.2, -0.15) is 0 Å². The highest BCUT2D eigenvalue weighted by atomic mass is 16.6. The number of fused-ring (bicyclic) bond motifs is 1. The number of benzene rings is 2. The largest absolute Gasteiger partial charge is 0.456 e. The van der Waals surface area contributed by atoms with E-state index in [-0.39, 0.29) is 23.6 Å². The van der Waals surface area contributed by atoms with Crippen LogP contribution < -0.4 is 4.90 Å². The second-order valence-electron chi connectivity index (χ2n) is 7.29. The maximum absolute atomic E-state index is 12.8. The van der Waals surface area contributed by atoms with Gasteiger partial charge in [-0.15, -0.1) is 0 Å². The molecule has 3 atom stereocenters. The summed E-state index contributed by atoms with van der Waals surface area (Å²) in [6.07, 6.45) is 1.26. The van der Waals surface area contributed by atoms with Gasteiger partial charge in [-0.3, -0.25) is 9.59 Å². The summed E-state index contributed by atoms with van der Waals surface area (Å²) >= 11 is 0. The molecular formula is C22H23NO3. The summed E-state index contributed by atoms with van der Waals surface area (Å²) in [5, 5.41) is 0. The SMILES string of the molecule is CC(=O)OC12CN(c3ccccc3)CC1C(=O)CCC2c1ccccc1. The van der Waals surface area contributed by atoms with Crippen molar-refractivity contribution >= 4 is 17.4 Å². The summed E-state index contributed by atoms with van der Waals surface area (Å²) in [7, 11) is 0. The van der Waals surface area contributed by atoms with Crippen LogP contribution in [0.2, 0.25) is 0 Å². The third-order valence-corrected chi connectivity index (χ3v) is 5.75. The fraction of sp³-hybridized carbons (Fsp3) is 0.364. The average molecular weight is 349 g/mol. The maximum atomic E-state index is 12.8. The lowest BCUT2D eigenvalue weighted by Gasteiger charge is -2.43. The lowest BCUT2D eigenvalue weighted by Crippen LogP contribution is -2.53. The molecule has 4 nitrogen and oxygen atoms in total. The summed E-state index contributed by atoms with van der Waals surface area (Å²) in [5.41, 5.74) is 1.41. The van der Waals surface area contributed by atoms with Crippen molar-refractivity contribution in [3.8, 4) is 0 Å². The summed E-state index contributed by atoms with van der Waals surface area (Å²) in [4.78, 5) is 27.0. The second kappa shape index (κ2) is 6.60. The van der Waals surface area contributed by atoms with Crippen molar-refractivity contribution in [1.82, 2.24) is 0 Å². The lowest BCUT2D eigenvalue weighted by molar-refractivity contribution is -0.168. The summed E-state index contributed by atoms with van der Waals surface area (Å²) in [6, 6.07) is 20.2. The Bertz CT molecular complexity index is 805. The van der Waals surface area contributed by atoms with Crippen LogP contribution in [0.25, 0.3) is 0 Å². The van der Waals surface area contributed by atoms with Gasteiger partial charge in [-0.05, 0) is 24.1 Å². The Balaban J connectivity index is 1.78. The Morgan fingerprint density at radius 1 is 1.04 bits per heavy atom. The molecule has 0 aromatic heterocycles. The zero-order valence-electron chi connectivity index (χ0n) is 14.9. The molecule has 26 heavy (non-hydrogen) atoms. The molecule has 134 valence electrons. The fourth-order valence-corrected chi connectivity index (χ4v) is 4.69. The molecule has 2 aromatic rings. The van der Waals surface area contributed by atoms with Crippen LogP contribution in [-0.4, -0.2) is 30.4 Å². The average Bonchev–Trinajstić information content (AvgIpc) is 3.04. The molecule has 1 aliphatic carbocycles. The van der Waals surface area contributed by atoms with E-state index >= 15 is 0 Å². The van der Waals surface area contributed by atoms with Crippen LogP contribution in [0.15, 0.2) is 60.7 Å². The number of carbonyl (C=O) groups excluding carboxylic acids is 2. The van der Waals surface area contributed by atoms with Crippen molar-refractivity contribution < 1.29 is 14.3 Å². The third-order valence-electron chi connectivity index (χ3n) is 5.75.